The molecule has 6 aromatic carbocycles. The quantitative estimate of drug-likeness (QED) is 0.245. The highest BCUT2D eigenvalue weighted by Gasteiger charge is 2.40. The molecule has 0 saturated carbocycles. The number of hydrogen-bond acceptors (Lipinski definition) is 1. The van der Waals surface area contributed by atoms with Gasteiger partial charge in [-0.05, 0) is 68.1 Å². The lowest BCUT2D eigenvalue weighted by Gasteiger charge is -2.34. The Balaban J connectivity index is 1.47. The molecule has 0 radical (unpaired) electrons. The first kappa shape index (κ1) is 19.0. The molecule has 0 bridgehead atoms. The summed E-state index contributed by atoms with van der Waals surface area (Å²) in [5.74, 6) is 2.33. The molecule has 2 aliphatic rings. The lowest BCUT2D eigenvalue weighted by Crippen LogP contribution is -2.17. The first-order valence-corrected chi connectivity index (χ1v) is 12.3. The van der Waals surface area contributed by atoms with Gasteiger partial charge < -0.3 is 4.74 Å². The lowest BCUT2D eigenvalue weighted by molar-refractivity contribution is 0.440. The Hall–Kier alpha value is -4.36. The predicted octanol–water partition coefficient (Wildman–Crippen LogP) is 9.04. The molecule has 0 saturated heterocycles. The molecule has 0 unspecified atom stereocenters. The molecule has 164 valence electrons. The summed E-state index contributed by atoms with van der Waals surface area (Å²) < 4.78 is 6.66. The molecule has 8 rings (SSSR count). The van der Waals surface area contributed by atoms with E-state index in [0.29, 0.717) is 0 Å². The average molecular weight is 447 g/mol. The van der Waals surface area contributed by atoms with E-state index >= 15 is 0 Å². The van der Waals surface area contributed by atoms with Crippen LogP contribution < -0.4 is 4.74 Å². The van der Waals surface area contributed by atoms with Gasteiger partial charge in [-0.3, -0.25) is 0 Å². The molecule has 1 aliphatic carbocycles. The molecule has 6 aromatic rings. The summed E-state index contributed by atoms with van der Waals surface area (Å²) in [6.45, 7) is 0. The van der Waals surface area contributed by atoms with Crippen molar-refractivity contribution in [3.8, 4) is 22.6 Å². The zero-order valence-electron chi connectivity index (χ0n) is 19.1. The molecular weight excluding hydrogens is 424 g/mol. The normalized spacial score (nSPS) is 14.3. The van der Waals surface area contributed by atoms with E-state index in [9.17, 15) is 0 Å². The van der Waals surface area contributed by atoms with Crippen molar-refractivity contribution in [2.24, 2.45) is 0 Å². The van der Waals surface area contributed by atoms with Gasteiger partial charge in [-0.2, -0.15) is 0 Å². The largest absolute Gasteiger partial charge is 0.457 e. The van der Waals surface area contributed by atoms with Crippen LogP contribution in [0.25, 0.3) is 32.7 Å². The zero-order valence-corrected chi connectivity index (χ0v) is 19.1. The third-order valence-electron chi connectivity index (χ3n) is 7.86. The summed E-state index contributed by atoms with van der Waals surface area (Å²) in [5, 5.41) is 4.93. The minimum Gasteiger partial charge on any atom is -0.457 e. The van der Waals surface area contributed by atoms with Gasteiger partial charge in [-0.15, -0.1) is 0 Å². The van der Waals surface area contributed by atoms with E-state index in [-0.39, 0.29) is 11.8 Å². The second-order valence-corrected chi connectivity index (χ2v) is 9.71. The molecule has 1 heteroatoms. The van der Waals surface area contributed by atoms with Crippen molar-refractivity contribution in [1.29, 1.82) is 0 Å². The number of rotatable bonds is 1. The van der Waals surface area contributed by atoms with E-state index in [1.807, 2.05) is 0 Å². The van der Waals surface area contributed by atoms with Gasteiger partial charge in [0.25, 0.3) is 0 Å². The van der Waals surface area contributed by atoms with Crippen LogP contribution in [0.2, 0.25) is 0 Å². The first-order valence-electron chi connectivity index (χ1n) is 12.3. The first-order chi connectivity index (χ1) is 17.3. The SMILES string of the molecule is c1ccc2c(c1)-c1ccccc1C2C1c2cc3ccccc3cc2Oc2cc3ccccc3cc21. The summed E-state index contributed by atoms with van der Waals surface area (Å²) >= 11 is 0. The summed E-state index contributed by atoms with van der Waals surface area (Å²) in [6, 6.07) is 44.2. The molecule has 35 heavy (non-hydrogen) atoms. The van der Waals surface area contributed by atoms with E-state index in [1.54, 1.807) is 0 Å². The summed E-state index contributed by atoms with van der Waals surface area (Å²) in [7, 11) is 0. The van der Waals surface area contributed by atoms with Crippen LogP contribution in [-0.4, -0.2) is 0 Å². The van der Waals surface area contributed by atoms with Crippen molar-refractivity contribution in [3.05, 3.63) is 144 Å². The molecule has 0 N–H and O–H groups in total. The van der Waals surface area contributed by atoms with Crippen LogP contribution in [0.3, 0.4) is 0 Å². The fourth-order valence-corrected chi connectivity index (χ4v) is 6.34. The van der Waals surface area contributed by atoms with Gasteiger partial charge in [-0.1, -0.05) is 97.1 Å². The summed E-state index contributed by atoms with van der Waals surface area (Å²) in [4.78, 5) is 0. The molecule has 0 atom stereocenters. The molecule has 1 aliphatic heterocycles. The van der Waals surface area contributed by atoms with Crippen molar-refractivity contribution >= 4 is 21.5 Å². The minimum atomic E-state index is 0.160. The Bertz CT molecular complexity index is 1660. The maximum Gasteiger partial charge on any atom is 0.131 e. The molecular formula is C34H22O. The third-order valence-corrected chi connectivity index (χ3v) is 7.86. The minimum absolute atomic E-state index is 0.160. The Morgan fingerprint density at radius 3 is 1.23 bits per heavy atom. The Morgan fingerprint density at radius 2 is 0.743 bits per heavy atom. The highest BCUT2D eigenvalue weighted by Crippen LogP contribution is 2.58. The maximum absolute atomic E-state index is 6.66. The second kappa shape index (κ2) is 7.07. The topological polar surface area (TPSA) is 9.23 Å². The average Bonchev–Trinajstić information content (AvgIpc) is 3.24. The van der Waals surface area contributed by atoms with Crippen LogP contribution in [0.4, 0.5) is 0 Å². The van der Waals surface area contributed by atoms with Gasteiger partial charge in [0.05, 0.1) is 0 Å². The Labute approximate surface area is 204 Å². The van der Waals surface area contributed by atoms with Gasteiger partial charge in [0.2, 0.25) is 0 Å². The summed E-state index contributed by atoms with van der Waals surface area (Å²) in [5.41, 5.74) is 8.04. The maximum atomic E-state index is 6.66. The molecule has 0 spiro atoms. The van der Waals surface area contributed by atoms with Crippen LogP contribution in [0, 0.1) is 0 Å². The van der Waals surface area contributed by atoms with Crippen molar-refractivity contribution < 1.29 is 4.74 Å². The van der Waals surface area contributed by atoms with E-state index in [4.69, 9.17) is 4.74 Å². The van der Waals surface area contributed by atoms with Crippen molar-refractivity contribution in [2.45, 2.75) is 11.8 Å². The molecule has 0 amide bonds. The number of benzene rings is 6. The fourth-order valence-electron chi connectivity index (χ4n) is 6.34. The van der Waals surface area contributed by atoms with Crippen LogP contribution in [0.15, 0.2) is 121 Å². The molecule has 1 nitrogen and oxygen atoms in total. The molecule has 1 heterocycles. The van der Waals surface area contributed by atoms with Crippen molar-refractivity contribution in [3.63, 3.8) is 0 Å². The van der Waals surface area contributed by atoms with Gasteiger partial charge in [0.1, 0.15) is 11.5 Å². The highest BCUT2D eigenvalue weighted by atomic mass is 16.5. The summed E-state index contributed by atoms with van der Waals surface area (Å²) in [6.07, 6.45) is 0. The van der Waals surface area contributed by atoms with Crippen LogP contribution >= 0.6 is 0 Å². The van der Waals surface area contributed by atoms with Gasteiger partial charge >= 0.3 is 0 Å². The zero-order chi connectivity index (χ0) is 22.9. The number of fused-ring (bicyclic) bond motifs is 7. The second-order valence-electron chi connectivity index (χ2n) is 9.71. The Kier molecular flexibility index (Phi) is 3.84. The smallest absolute Gasteiger partial charge is 0.131 e. The van der Waals surface area contributed by atoms with E-state index in [2.05, 4.69) is 121 Å². The highest BCUT2D eigenvalue weighted by molar-refractivity contribution is 5.90. The van der Waals surface area contributed by atoms with E-state index in [0.717, 1.165) is 11.5 Å². The fraction of sp³-hybridized carbons (Fsp3) is 0.0588. The Morgan fingerprint density at radius 1 is 0.371 bits per heavy atom. The standard InChI is InChI=1S/C34H22O/c1-3-11-23-19-31-29(17-21(23)9-1)34(30-18-22-10-2-4-12-24(22)20-32(30)35-31)33-27-15-7-5-13-25(27)26-14-6-8-16-28(26)33/h1-20,33-34H. The lowest BCUT2D eigenvalue weighted by atomic mass is 9.73. The van der Waals surface area contributed by atoms with Crippen LogP contribution in [0.1, 0.15) is 34.1 Å². The van der Waals surface area contributed by atoms with Gasteiger partial charge in [0, 0.05) is 23.0 Å². The van der Waals surface area contributed by atoms with E-state index in [1.165, 1.54) is 54.9 Å². The number of hydrogen-bond donors (Lipinski definition) is 0. The van der Waals surface area contributed by atoms with Gasteiger partial charge in [0.15, 0.2) is 0 Å². The van der Waals surface area contributed by atoms with Crippen LogP contribution in [0.5, 0.6) is 11.5 Å². The van der Waals surface area contributed by atoms with Crippen molar-refractivity contribution in [1.82, 2.24) is 0 Å². The van der Waals surface area contributed by atoms with E-state index < -0.39 is 0 Å². The van der Waals surface area contributed by atoms with Crippen molar-refractivity contribution in [2.75, 3.05) is 0 Å². The van der Waals surface area contributed by atoms with Gasteiger partial charge in [-0.25, -0.2) is 0 Å². The third kappa shape index (κ3) is 2.70. The molecule has 0 fully saturated rings. The van der Waals surface area contributed by atoms with Crippen LogP contribution in [-0.2, 0) is 0 Å². The number of ether oxygens (including phenoxy) is 1. The molecule has 0 aromatic heterocycles. The monoisotopic (exact) mass is 446 g/mol. The predicted molar refractivity (Wildman–Crippen MR) is 144 cm³/mol.